The normalized spacial score (nSPS) is 14.9. The van der Waals surface area contributed by atoms with Crippen molar-refractivity contribution in [2.24, 2.45) is 5.73 Å². The summed E-state index contributed by atoms with van der Waals surface area (Å²) in [4.78, 5) is 0. The molecule has 2 heteroatoms. The molecule has 0 saturated heterocycles. The molecule has 0 amide bonds. The monoisotopic (exact) mass is 253 g/mol. The Balaban J connectivity index is 2.00. The number of rotatable bonds is 2. The smallest absolute Gasteiger partial charge is 0.122 e. The Labute approximate surface area is 114 Å². The van der Waals surface area contributed by atoms with E-state index < -0.39 is 0 Å². The van der Waals surface area contributed by atoms with Crippen LogP contribution in [0.3, 0.4) is 0 Å². The summed E-state index contributed by atoms with van der Waals surface area (Å²) in [6.07, 6.45) is 0.989. The zero-order valence-electron chi connectivity index (χ0n) is 11.4. The number of ether oxygens (including phenoxy) is 1. The van der Waals surface area contributed by atoms with E-state index in [0.29, 0.717) is 0 Å². The van der Waals surface area contributed by atoms with Crippen LogP contribution in [0.4, 0.5) is 0 Å². The Morgan fingerprint density at radius 3 is 2.84 bits per heavy atom. The third kappa shape index (κ3) is 2.13. The Morgan fingerprint density at radius 2 is 2.00 bits per heavy atom. The summed E-state index contributed by atoms with van der Waals surface area (Å²) in [6.45, 7) is 5.06. The molecule has 1 aliphatic heterocycles. The van der Waals surface area contributed by atoms with Crippen LogP contribution < -0.4 is 10.5 Å². The number of nitrogens with two attached hydrogens (primary N) is 1. The average Bonchev–Trinajstić information content (AvgIpc) is 2.88. The molecule has 0 radical (unpaired) electrons. The van der Waals surface area contributed by atoms with Crippen molar-refractivity contribution in [2.45, 2.75) is 26.3 Å². The van der Waals surface area contributed by atoms with Crippen LogP contribution in [-0.4, -0.2) is 6.61 Å². The second-order valence-corrected chi connectivity index (χ2v) is 5.23. The molecule has 0 spiro atoms. The van der Waals surface area contributed by atoms with Crippen LogP contribution in [-0.2, 0) is 6.42 Å². The minimum absolute atomic E-state index is 0.0641. The van der Waals surface area contributed by atoms with Crippen LogP contribution in [0.2, 0.25) is 0 Å². The molecule has 2 aromatic carbocycles. The Kier molecular flexibility index (Phi) is 3.03. The molecule has 3 rings (SSSR count). The summed E-state index contributed by atoms with van der Waals surface area (Å²) in [5.41, 5.74) is 12.7. The topological polar surface area (TPSA) is 35.2 Å². The minimum atomic E-state index is -0.0641. The Morgan fingerprint density at radius 1 is 1.16 bits per heavy atom. The summed E-state index contributed by atoms with van der Waals surface area (Å²) in [5, 5.41) is 0. The second kappa shape index (κ2) is 4.71. The van der Waals surface area contributed by atoms with Crippen molar-refractivity contribution in [1.82, 2.24) is 0 Å². The minimum Gasteiger partial charge on any atom is -0.493 e. The summed E-state index contributed by atoms with van der Waals surface area (Å²) in [5.74, 6) is 1.01. The maximum absolute atomic E-state index is 6.44. The van der Waals surface area contributed by atoms with Gasteiger partial charge in [0, 0.05) is 6.42 Å². The van der Waals surface area contributed by atoms with Crippen molar-refractivity contribution >= 4 is 0 Å². The van der Waals surface area contributed by atoms with Gasteiger partial charge in [0.2, 0.25) is 0 Å². The lowest BCUT2D eigenvalue weighted by Crippen LogP contribution is -2.13. The number of fused-ring (bicyclic) bond motifs is 1. The van der Waals surface area contributed by atoms with Crippen molar-refractivity contribution in [1.29, 1.82) is 0 Å². The van der Waals surface area contributed by atoms with Crippen molar-refractivity contribution in [3.05, 3.63) is 64.2 Å². The Bertz CT molecular complexity index is 619. The lowest BCUT2D eigenvalue weighted by atomic mass is 9.92. The molecular weight excluding hydrogens is 234 g/mol. The molecule has 0 bridgehead atoms. The van der Waals surface area contributed by atoms with Crippen molar-refractivity contribution < 1.29 is 4.74 Å². The van der Waals surface area contributed by atoms with Gasteiger partial charge in [0.05, 0.1) is 12.6 Å². The van der Waals surface area contributed by atoms with Crippen LogP contribution in [0.1, 0.15) is 33.9 Å². The van der Waals surface area contributed by atoms with Gasteiger partial charge in [-0.1, -0.05) is 30.3 Å². The fraction of sp³-hybridized carbons (Fsp3) is 0.294. The van der Waals surface area contributed by atoms with Crippen molar-refractivity contribution in [3.8, 4) is 5.75 Å². The predicted octanol–water partition coefficient (Wildman–Crippen LogP) is 3.29. The van der Waals surface area contributed by atoms with Crippen LogP contribution in [0.15, 0.2) is 36.4 Å². The summed E-state index contributed by atoms with van der Waals surface area (Å²) in [6, 6.07) is 12.6. The molecule has 98 valence electrons. The van der Waals surface area contributed by atoms with Crippen LogP contribution >= 0.6 is 0 Å². The van der Waals surface area contributed by atoms with Crippen LogP contribution in [0.25, 0.3) is 0 Å². The van der Waals surface area contributed by atoms with Gasteiger partial charge in [-0.2, -0.15) is 0 Å². The largest absolute Gasteiger partial charge is 0.493 e. The van der Waals surface area contributed by atoms with Crippen molar-refractivity contribution in [2.75, 3.05) is 6.61 Å². The molecule has 2 nitrogen and oxygen atoms in total. The van der Waals surface area contributed by atoms with Gasteiger partial charge in [0.25, 0.3) is 0 Å². The summed E-state index contributed by atoms with van der Waals surface area (Å²) >= 11 is 0. The molecule has 19 heavy (non-hydrogen) atoms. The molecule has 1 atom stereocenters. The first-order valence-corrected chi connectivity index (χ1v) is 6.74. The van der Waals surface area contributed by atoms with Gasteiger partial charge in [0.1, 0.15) is 5.75 Å². The SMILES string of the molecule is Cc1cccc(C(N)c2ccc3c(c2)CCO3)c1C. The number of hydrogen-bond acceptors (Lipinski definition) is 2. The first kappa shape index (κ1) is 12.2. The predicted molar refractivity (Wildman–Crippen MR) is 77.6 cm³/mol. The molecule has 0 saturated carbocycles. The molecule has 1 heterocycles. The zero-order valence-corrected chi connectivity index (χ0v) is 11.4. The number of aryl methyl sites for hydroxylation is 1. The van der Waals surface area contributed by atoms with Crippen molar-refractivity contribution in [3.63, 3.8) is 0 Å². The van der Waals surface area contributed by atoms with Gasteiger partial charge in [-0.05, 0) is 47.7 Å². The summed E-state index contributed by atoms with van der Waals surface area (Å²) in [7, 11) is 0. The Hall–Kier alpha value is -1.80. The fourth-order valence-corrected chi connectivity index (χ4v) is 2.69. The first-order chi connectivity index (χ1) is 9.16. The molecule has 0 aliphatic carbocycles. The highest BCUT2D eigenvalue weighted by atomic mass is 16.5. The van der Waals surface area contributed by atoms with E-state index in [4.69, 9.17) is 10.5 Å². The molecule has 0 aromatic heterocycles. The zero-order chi connectivity index (χ0) is 13.4. The maximum atomic E-state index is 6.44. The van der Waals surface area contributed by atoms with E-state index in [0.717, 1.165) is 24.3 Å². The number of hydrogen-bond donors (Lipinski definition) is 1. The first-order valence-electron chi connectivity index (χ1n) is 6.74. The van der Waals surface area contributed by atoms with Gasteiger partial charge in [-0.25, -0.2) is 0 Å². The summed E-state index contributed by atoms with van der Waals surface area (Å²) < 4.78 is 5.54. The van der Waals surface area contributed by atoms with E-state index in [1.165, 1.54) is 22.3 Å². The molecule has 2 N–H and O–H groups in total. The van der Waals surface area contributed by atoms with E-state index in [9.17, 15) is 0 Å². The fourth-order valence-electron chi connectivity index (χ4n) is 2.69. The number of benzene rings is 2. The molecular formula is C17H19NO. The second-order valence-electron chi connectivity index (χ2n) is 5.23. The van der Waals surface area contributed by atoms with E-state index in [1.54, 1.807) is 0 Å². The van der Waals surface area contributed by atoms with Gasteiger partial charge >= 0.3 is 0 Å². The maximum Gasteiger partial charge on any atom is 0.122 e. The lowest BCUT2D eigenvalue weighted by molar-refractivity contribution is 0.357. The van der Waals surface area contributed by atoms with E-state index in [2.05, 4.69) is 44.2 Å². The highest BCUT2D eigenvalue weighted by Crippen LogP contribution is 2.30. The third-order valence-corrected chi connectivity index (χ3v) is 4.05. The average molecular weight is 253 g/mol. The molecule has 1 aliphatic rings. The highest BCUT2D eigenvalue weighted by Gasteiger charge is 2.17. The van der Waals surface area contributed by atoms with Gasteiger partial charge in [-0.15, -0.1) is 0 Å². The molecule has 0 fully saturated rings. The van der Waals surface area contributed by atoms with Gasteiger partial charge in [0.15, 0.2) is 0 Å². The van der Waals surface area contributed by atoms with E-state index >= 15 is 0 Å². The van der Waals surface area contributed by atoms with E-state index in [-0.39, 0.29) is 6.04 Å². The lowest BCUT2D eigenvalue weighted by Gasteiger charge is -2.17. The standard InChI is InChI=1S/C17H19NO/c1-11-4-3-5-15(12(11)2)17(18)14-6-7-16-13(10-14)8-9-19-16/h3-7,10,17H,8-9,18H2,1-2H3. The van der Waals surface area contributed by atoms with Gasteiger partial charge < -0.3 is 10.5 Å². The van der Waals surface area contributed by atoms with E-state index in [1.807, 2.05) is 6.07 Å². The molecule has 1 unspecified atom stereocenters. The highest BCUT2D eigenvalue weighted by molar-refractivity contribution is 5.45. The van der Waals surface area contributed by atoms with Gasteiger partial charge in [-0.3, -0.25) is 0 Å². The molecule has 2 aromatic rings. The third-order valence-electron chi connectivity index (χ3n) is 4.05. The quantitative estimate of drug-likeness (QED) is 0.891. The van der Waals surface area contributed by atoms with Crippen LogP contribution in [0.5, 0.6) is 5.75 Å². The van der Waals surface area contributed by atoms with Crippen LogP contribution in [0, 0.1) is 13.8 Å².